The zero-order valence-electron chi connectivity index (χ0n) is 18.6. The number of esters is 1. The van der Waals surface area contributed by atoms with Crippen LogP contribution in [0.25, 0.3) is 10.8 Å². The number of hydrogen-bond donors (Lipinski definition) is 1. The van der Waals surface area contributed by atoms with Crippen LogP contribution in [0.1, 0.15) is 30.4 Å². The molecule has 1 aromatic heterocycles. The molecule has 0 aliphatic carbocycles. The van der Waals surface area contributed by atoms with E-state index in [9.17, 15) is 22.8 Å². The molecule has 0 fully saturated rings. The average Bonchev–Trinajstić information content (AvgIpc) is 2.78. The van der Waals surface area contributed by atoms with Crippen molar-refractivity contribution in [2.24, 2.45) is 0 Å². The lowest BCUT2D eigenvalue weighted by Crippen LogP contribution is -2.28. The van der Waals surface area contributed by atoms with Gasteiger partial charge >= 0.3 is 5.97 Å². The first kappa shape index (κ1) is 24.1. The van der Waals surface area contributed by atoms with Crippen molar-refractivity contribution in [2.45, 2.75) is 24.8 Å². The maximum Gasteiger partial charge on any atom is 0.359 e. The quantitative estimate of drug-likeness (QED) is 0.521. The SMILES string of the molecule is CC(C)n1nc(C(=O)OCC(=O)Nc2ccc(S(=O)(=O)N(C)C)cc2)c2ccccc2c1=O. The second-order valence-corrected chi connectivity index (χ2v) is 9.83. The van der Waals surface area contributed by atoms with Gasteiger partial charge in [-0.05, 0) is 44.2 Å². The smallest absolute Gasteiger partial charge is 0.359 e. The molecular weight excluding hydrogens is 448 g/mol. The topological polar surface area (TPSA) is 128 Å². The van der Waals surface area contributed by atoms with Crippen molar-refractivity contribution in [3.05, 3.63) is 64.6 Å². The molecule has 1 amide bonds. The van der Waals surface area contributed by atoms with Gasteiger partial charge in [0.25, 0.3) is 11.5 Å². The van der Waals surface area contributed by atoms with Gasteiger partial charge in [0.2, 0.25) is 10.0 Å². The Balaban J connectivity index is 1.73. The van der Waals surface area contributed by atoms with E-state index in [4.69, 9.17) is 4.74 Å². The minimum Gasteiger partial charge on any atom is -0.451 e. The first-order valence-corrected chi connectivity index (χ1v) is 11.5. The van der Waals surface area contributed by atoms with Crippen LogP contribution in [0.15, 0.2) is 58.2 Å². The van der Waals surface area contributed by atoms with E-state index < -0.39 is 28.5 Å². The molecule has 0 spiro atoms. The molecule has 0 bridgehead atoms. The number of carbonyl (C=O) groups is 2. The van der Waals surface area contributed by atoms with Crippen molar-refractivity contribution in [1.82, 2.24) is 14.1 Å². The van der Waals surface area contributed by atoms with Crippen LogP contribution in [-0.4, -0.2) is 55.1 Å². The lowest BCUT2D eigenvalue weighted by molar-refractivity contribution is -0.119. The highest BCUT2D eigenvalue weighted by Crippen LogP contribution is 2.17. The normalized spacial score (nSPS) is 11.7. The van der Waals surface area contributed by atoms with Gasteiger partial charge in [0.15, 0.2) is 12.3 Å². The third-order valence-electron chi connectivity index (χ3n) is 4.76. The summed E-state index contributed by atoms with van der Waals surface area (Å²) in [5, 5.41) is 7.34. The van der Waals surface area contributed by atoms with E-state index in [-0.39, 0.29) is 22.2 Å². The number of fused-ring (bicyclic) bond motifs is 1. The number of aromatic nitrogens is 2. The molecule has 3 aromatic rings. The molecule has 10 nitrogen and oxygen atoms in total. The molecule has 0 aliphatic heterocycles. The van der Waals surface area contributed by atoms with Crippen molar-refractivity contribution in [3.63, 3.8) is 0 Å². The number of anilines is 1. The number of nitrogens with one attached hydrogen (secondary N) is 1. The van der Waals surface area contributed by atoms with Crippen LogP contribution in [0, 0.1) is 0 Å². The highest BCUT2D eigenvalue weighted by atomic mass is 32.2. The number of rotatable bonds is 7. The van der Waals surface area contributed by atoms with E-state index in [0.29, 0.717) is 16.5 Å². The Bertz CT molecular complexity index is 1360. The maximum absolute atomic E-state index is 12.7. The molecule has 3 rings (SSSR count). The number of carbonyl (C=O) groups excluding carboxylic acids is 2. The first-order chi connectivity index (χ1) is 15.5. The van der Waals surface area contributed by atoms with Crippen LogP contribution in [0.5, 0.6) is 0 Å². The molecule has 1 N–H and O–H groups in total. The molecular formula is C22H24N4O6S. The van der Waals surface area contributed by atoms with E-state index in [0.717, 1.165) is 4.31 Å². The Morgan fingerprint density at radius 3 is 2.24 bits per heavy atom. The number of nitrogens with zero attached hydrogens (tertiary/aromatic N) is 3. The predicted molar refractivity (Wildman–Crippen MR) is 123 cm³/mol. The molecule has 0 atom stereocenters. The van der Waals surface area contributed by atoms with Gasteiger partial charge in [0.1, 0.15) is 0 Å². The van der Waals surface area contributed by atoms with Crippen LogP contribution < -0.4 is 10.9 Å². The van der Waals surface area contributed by atoms with Crippen molar-refractivity contribution < 1.29 is 22.7 Å². The molecule has 0 radical (unpaired) electrons. The average molecular weight is 473 g/mol. The zero-order chi connectivity index (χ0) is 24.3. The Labute approximate surface area is 190 Å². The summed E-state index contributed by atoms with van der Waals surface area (Å²) in [6.45, 7) is 2.94. The third kappa shape index (κ3) is 5.10. The molecule has 2 aromatic carbocycles. The highest BCUT2D eigenvalue weighted by Gasteiger charge is 2.20. The number of amides is 1. The van der Waals surface area contributed by atoms with Gasteiger partial charge in [0, 0.05) is 25.2 Å². The van der Waals surface area contributed by atoms with Gasteiger partial charge in [0.05, 0.1) is 16.3 Å². The summed E-state index contributed by atoms with van der Waals surface area (Å²) in [7, 11) is -0.742. The van der Waals surface area contributed by atoms with Crippen LogP contribution in [0.4, 0.5) is 5.69 Å². The van der Waals surface area contributed by atoms with E-state index in [2.05, 4.69) is 10.4 Å². The standard InChI is InChI=1S/C22H24N4O6S/c1-14(2)26-21(28)18-8-6-5-7-17(18)20(24-26)22(29)32-13-19(27)23-15-9-11-16(12-10-15)33(30,31)25(3)4/h5-12,14H,13H2,1-4H3,(H,23,27). The van der Waals surface area contributed by atoms with E-state index >= 15 is 0 Å². The van der Waals surface area contributed by atoms with E-state index in [1.165, 1.54) is 43.0 Å². The van der Waals surface area contributed by atoms with Crippen LogP contribution in [0.2, 0.25) is 0 Å². The van der Waals surface area contributed by atoms with Gasteiger partial charge < -0.3 is 10.1 Å². The lowest BCUT2D eigenvalue weighted by atomic mass is 10.1. The Morgan fingerprint density at radius 1 is 1.06 bits per heavy atom. The molecule has 33 heavy (non-hydrogen) atoms. The fourth-order valence-corrected chi connectivity index (χ4v) is 3.93. The summed E-state index contributed by atoms with van der Waals surface area (Å²) in [4.78, 5) is 37.6. The Morgan fingerprint density at radius 2 is 1.67 bits per heavy atom. The number of hydrogen-bond acceptors (Lipinski definition) is 7. The summed E-state index contributed by atoms with van der Waals surface area (Å²) >= 11 is 0. The predicted octanol–water partition coefficient (Wildman–Crippen LogP) is 2.02. The highest BCUT2D eigenvalue weighted by molar-refractivity contribution is 7.89. The fraction of sp³-hybridized carbons (Fsp3) is 0.273. The number of benzene rings is 2. The van der Waals surface area contributed by atoms with Crippen molar-refractivity contribution >= 4 is 38.4 Å². The summed E-state index contributed by atoms with van der Waals surface area (Å²) in [5.41, 5.74) is -0.0507. The Hall–Kier alpha value is -3.57. The molecule has 1 heterocycles. The molecule has 0 saturated heterocycles. The van der Waals surface area contributed by atoms with Gasteiger partial charge in [-0.3, -0.25) is 9.59 Å². The van der Waals surface area contributed by atoms with E-state index in [1.807, 2.05) is 0 Å². The van der Waals surface area contributed by atoms with Crippen molar-refractivity contribution in [1.29, 1.82) is 0 Å². The summed E-state index contributed by atoms with van der Waals surface area (Å²) in [6, 6.07) is 11.9. The van der Waals surface area contributed by atoms with Crippen LogP contribution in [-0.2, 0) is 19.6 Å². The molecule has 11 heteroatoms. The van der Waals surface area contributed by atoms with Gasteiger partial charge in [-0.2, -0.15) is 5.10 Å². The summed E-state index contributed by atoms with van der Waals surface area (Å²) in [5.74, 6) is -1.46. The minimum absolute atomic E-state index is 0.0649. The first-order valence-electron chi connectivity index (χ1n) is 10.0. The van der Waals surface area contributed by atoms with Crippen LogP contribution in [0.3, 0.4) is 0 Å². The second-order valence-electron chi connectivity index (χ2n) is 7.67. The van der Waals surface area contributed by atoms with Crippen molar-refractivity contribution in [3.8, 4) is 0 Å². The van der Waals surface area contributed by atoms with Crippen LogP contribution >= 0.6 is 0 Å². The monoisotopic (exact) mass is 472 g/mol. The fourth-order valence-electron chi connectivity index (χ4n) is 3.02. The summed E-state index contributed by atoms with van der Waals surface area (Å²) < 4.78 is 31.6. The summed E-state index contributed by atoms with van der Waals surface area (Å²) in [6.07, 6.45) is 0. The maximum atomic E-state index is 12.7. The van der Waals surface area contributed by atoms with Gasteiger partial charge in [-0.25, -0.2) is 22.2 Å². The minimum atomic E-state index is -3.58. The Kier molecular flexibility index (Phi) is 6.94. The molecule has 0 unspecified atom stereocenters. The largest absolute Gasteiger partial charge is 0.451 e. The zero-order valence-corrected chi connectivity index (χ0v) is 19.4. The number of sulfonamides is 1. The van der Waals surface area contributed by atoms with Crippen molar-refractivity contribution in [2.75, 3.05) is 26.0 Å². The molecule has 174 valence electrons. The van der Waals surface area contributed by atoms with Gasteiger partial charge in [-0.1, -0.05) is 18.2 Å². The van der Waals surface area contributed by atoms with E-state index in [1.54, 1.807) is 38.1 Å². The second kappa shape index (κ2) is 9.51. The lowest BCUT2D eigenvalue weighted by Gasteiger charge is -2.13. The van der Waals surface area contributed by atoms with Gasteiger partial charge in [-0.15, -0.1) is 0 Å². The third-order valence-corrected chi connectivity index (χ3v) is 6.59. The number of ether oxygens (including phenoxy) is 1. The molecule has 0 saturated carbocycles. The molecule has 0 aliphatic rings.